The summed E-state index contributed by atoms with van der Waals surface area (Å²) >= 11 is 1.53. The Morgan fingerprint density at radius 2 is 1.79 bits per heavy atom. The van der Waals surface area contributed by atoms with Gasteiger partial charge in [0, 0.05) is 25.3 Å². The first-order valence-electron chi connectivity index (χ1n) is 10.2. The number of ketones is 1. The SMILES string of the molecule is CN1CCSC1=NNC(=O)C(=O)C(CC(C)(C)C)NC(=O)C1CCCCCC1.Cl. The van der Waals surface area contributed by atoms with Gasteiger partial charge in [0.05, 0.1) is 6.04 Å². The molecule has 9 heteroatoms. The molecule has 1 unspecified atom stereocenters. The number of nitrogens with zero attached hydrogens (tertiary/aromatic N) is 2. The van der Waals surface area contributed by atoms with E-state index in [1.807, 2.05) is 32.7 Å². The summed E-state index contributed by atoms with van der Waals surface area (Å²) in [6.07, 6.45) is 6.51. The molecule has 0 bridgehead atoms. The van der Waals surface area contributed by atoms with E-state index in [9.17, 15) is 14.4 Å². The molecular weight excluding hydrogens is 412 g/mol. The molecule has 0 aromatic heterocycles. The Kier molecular flexibility index (Phi) is 10.5. The zero-order valence-corrected chi connectivity index (χ0v) is 19.6. The van der Waals surface area contributed by atoms with Crippen molar-refractivity contribution in [3.8, 4) is 0 Å². The monoisotopic (exact) mass is 446 g/mol. The van der Waals surface area contributed by atoms with Crippen LogP contribution in [0.2, 0.25) is 0 Å². The van der Waals surface area contributed by atoms with Gasteiger partial charge in [-0.2, -0.15) is 0 Å². The second kappa shape index (κ2) is 11.8. The summed E-state index contributed by atoms with van der Waals surface area (Å²) in [6, 6.07) is -0.829. The third-order valence-electron chi connectivity index (χ3n) is 5.14. The zero-order valence-electron chi connectivity index (χ0n) is 18.0. The number of Topliss-reactive ketones (excluding diaryl/α,β-unsaturated/α-hetero) is 1. The van der Waals surface area contributed by atoms with E-state index in [0.717, 1.165) is 50.8 Å². The minimum absolute atomic E-state index is 0. The minimum Gasteiger partial charge on any atom is -0.352 e. The topological polar surface area (TPSA) is 90.9 Å². The molecule has 1 aliphatic heterocycles. The molecule has 2 amide bonds. The van der Waals surface area contributed by atoms with E-state index in [-0.39, 0.29) is 29.6 Å². The highest BCUT2D eigenvalue weighted by Crippen LogP contribution is 2.25. The fourth-order valence-electron chi connectivity index (χ4n) is 3.56. The van der Waals surface area contributed by atoms with Gasteiger partial charge >= 0.3 is 5.91 Å². The van der Waals surface area contributed by atoms with Crippen LogP contribution in [-0.2, 0) is 14.4 Å². The lowest BCUT2D eigenvalue weighted by Gasteiger charge is -2.27. The molecule has 1 aliphatic carbocycles. The average Bonchev–Trinajstić information content (AvgIpc) is 2.85. The third kappa shape index (κ3) is 8.54. The Bertz CT molecular complexity index is 613. The van der Waals surface area contributed by atoms with Crippen LogP contribution < -0.4 is 10.7 Å². The smallest absolute Gasteiger partial charge is 0.309 e. The Morgan fingerprint density at radius 3 is 2.31 bits per heavy atom. The molecule has 2 rings (SSSR count). The molecule has 1 heterocycles. The molecule has 29 heavy (non-hydrogen) atoms. The molecule has 1 saturated heterocycles. The summed E-state index contributed by atoms with van der Waals surface area (Å²) in [5.74, 6) is -0.668. The van der Waals surface area contributed by atoms with Gasteiger partial charge < -0.3 is 10.2 Å². The molecule has 0 spiro atoms. The van der Waals surface area contributed by atoms with Crippen molar-refractivity contribution in [3.63, 3.8) is 0 Å². The number of amides is 2. The first-order valence-corrected chi connectivity index (χ1v) is 11.2. The highest BCUT2D eigenvalue weighted by molar-refractivity contribution is 8.14. The molecule has 2 fully saturated rings. The lowest BCUT2D eigenvalue weighted by Crippen LogP contribution is -2.50. The summed E-state index contributed by atoms with van der Waals surface area (Å²) in [5, 5.41) is 7.62. The van der Waals surface area contributed by atoms with Gasteiger partial charge in [0.25, 0.3) is 0 Å². The fourth-order valence-corrected chi connectivity index (χ4v) is 4.53. The van der Waals surface area contributed by atoms with E-state index < -0.39 is 17.7 Å². The molecule has 2 N–H and O–H groups in total. The second-order valence-corrected chi connectivity index (χ2v) is 10.0. The third-order valence-corrected chi connectivity index (χ3v) is 6.18. The van der Waals surface area contributed by atoms with E-state index in [1.165, 1.54) is 11.8 Å². The number of hydrogen-bond acceptors (Lipinski definition) is 5. The molecule has 1 saturated carbocycles. The summed E-state index contributed by atoms with van der Waals surface area (Å²) < 4.78 is 0. The molecule has 0 aromatic carbocycles. The number of carbonyl (C=O) groups excluding carboxylic acids is 3. The first kappa shape index (κ1) is 25.8. The largest absolute Gasteiger partial charge is 0.352 e. The molecule has 7 nitrogen and oxygen atoms in total. The molecule has 0 radical (unpaired) electrons. The minimum atomic E-state index is -0.829. The predicted octanol–water partition coefficient (Wildman–Crippen LogP) is 2.93. The van der Waals surface area contributed by atoms with Gasteiger partial charge in [-0.05, 0) is 24.7 Å². The van der Waals surface area contributed by atoms with E-state index in [2.05, 4.69) is 15.8 Å². The number of rotatable bonds is 6. The van der Waals surface area contributed by atoms with E-state index in [0.29, 0.717) is 11.6 Å². The van der Waals surface area contributed by atoms with E-state index >= 15 is 0 Å². The summed E-state index contributed by atoms with van der Waals surface area (Å²) in [7, 11) is 1.89. The van der Waals surface area contributed by atoms with Crippen molar-refractivity contribution in [2.24, 2.45) is 16.4 Å². The quantitative estimate of drug-likeness (QED) is 0.372. The number of nitrogens with one attached hydrogen (secondary N) is 2. The van der Waals surface area contributed by atoms with Crippen molar-refractivity contribution in [2.75, 3.05) is 19.3 Å². The number of carbonyl (C=O) groups is 3. The van der Waals surface area contributed by atoms with Crippen LogP contribution in [0.15, 0.2) is 5.10 Å². The van der Waals surface area contributed by atoms with Gasteiger partial charge in [-0.3, -0.25) is 14.4 Å². The standard InChI is InChI=1S/C20H34N4O3S.ClH/c1-20(2,3)13-15(21-17(26)14-9-7-5-6-8-10-14)16(25)18(27)22-23-19-24(4)11-12-28-19;/h14-15H,5-13H2,1-4H3,(H,21,26)(H,22,27);1H. The summed E-state index contributed by atoms with van der Waals surface area (Å²) in [4.78, 5) is 39.9. The zero-order chi connectivity index (χ0) is 20.7. The maximum atomic E-state index is 12.8. The van der Waals surface area contributed by atoms with Gasteiger partial charge in [0.1, 0.15) is 0 Å². The second-order valence-electron chi connectivity index (χ2n) is 8.98. The van der Waals surface area contributed by atoms with Crippen molar-refractivity contribution < 1.29 is 14.4 Å². The van der Waals surface area contributed by atoms with Crippen LogP contribution >= 0.6 is 24.2 Å². The van der Waals surface area contributed by atoms with Crippen LogP contribution in [0.3, 0.4) is 0 Å². The van der Waals surface area contributed by atoms with Crippen molar-refractivity contribution in [1.29, 1.82) is 0 Å². The maximum Gasteiger partial charge on any atom is 0.309 e. The van der Waals surface area contributed by atoms with Gasteiger partial charge in [0.2, 0.25) is 11.7 Å². The average molecular weight is 447 g/mol. The highest BCUT2D eigenvalue weighted by Gasteiger charge is 2.33. The van der Waals surface area contributed by atoms with Crippen molar-refractivity contribution in [2.45, 2.75) is 71.8 Å². The van der Waals surface area contributed by atoms with E-state index in [1.54, 1.807) is 0 Å². The molecular formula is C20H35ClN4O3S. The van der Waals surface area contributed by atoms with Crippen molar-refractivity contribution in [3.05, 3.63) is 0 Å². The lowest BCUT2D eigenvalue weighted by molar-refractivity contribution is -0.141. The van der Waals surface area contributed by atoms with Gasteiger partial charge in [0.15, 0.2) is 5.17 Å². The number of halogens is 1. The first-order chi connectivity index (χ1) is 13.2. The molecule has 0 aromatic rings. The van der Waals surface area contributed by atoms with Gasteiger partial charge in [-0.15, -0.1) is 17.5 Å². The predicted molar refractivity (Wildman–Crippen MR) is 120 cm³/mol. The number of hydrogen-bond donors (Lipinski definition) is 2. The Labute approximate surface area is 184 Å². The van der Waals surface area contributed by atoms with Crippen LogP contribution in [0.25, 0.3) is 0 Å². The van der Waals surface area contributed by atoms with Crippen LogP contribution in [-0.4, -0.2) is 53.1 Å². The molecule has 2 aliphatic rings. The van der Waals surface area contributed by atoms with Gasteiger partial charge in [-0.1, -0.05) is 58.2 Å². The van der Waals surface area contributed by atoms with Crippen LogP contribution in [0.5, 0.6) is 0 Å². The molecule has 1 atom stereocenters. The van der Waals surface area contributed by atoms with Crippen molar-refractivity contribution >= 4 is 46.9 Å². The summed E-state index contributed by atoms with van der Waals surface area (Å²) in [5.41, 5.74) is 2.17. The number of hydrazone groups is 1. The number of amidine groups is 1. The van der Waals surface area contributed by atoms with Crippen LogP contribution in [0.4, 0.5) is 0 Å². The normalized spacial score (nSPS) is 20.6. The Morgan fingerprint density at radius 1 is 1.17 bits per heavy atom. The maximum absolute atomic E-state index is 12.8. The fraction of sp³-hybridized carbons (Fsp3) is 0.800. The summed E-state index contributed by atoms with van der Waals surface area (Å²) in [6.45, 7) is 6.84. The molecule has 166 valence electrons. The lowest BCUT2D eigenvalue weighted by atomic mass is 9.86. The highest BCUT2D eigenvalue weighted by atomic mass is 35.5. The number of thioether (sulfide) groups is 1. The Hall–Kier alpha value is -1.28. The van der Waals surface area contributed by atoms with Gasteiger partial charge in [-0.25, -0.2) is 5.43 Å². The van der Waals surface area contributed by atoms with Crippen LogP contribution in [0, 0.1) is 11.3 Å². The van der Waals surface area contributed by atoms with E-state index in [4.69, 9.17) is 0 Å². The Balaban J connectivity index is 0.00000420. The van der Waals surface area contributed by atoms with Crippen LogP contribution in [0.1, 0.15) is 65.7 Å². The van der Waals surface area contributed by atoms with Crippen molar-refractivity contribution in [1.82, 2.24) is 15.6 Å².